The Hall–Kier alpha value is -0.0200. The Balaban J connectivity index is 0.00000176. The molecule has 1 aliphatic carbocycles. The van der Waals surface area contributed by atoms with Gasteiger partial charge in [-0.15, -0.1) is 24.0 Å². The van der Waals surface area contributed by atoms with Crippen molar-refractivity contribution in [1.29, 1.82) is 0 Å². The molecule has 0 spiro atoms. The van der Waals surface area contributed by atoms with Crippen molar-refractivity contribution in [2.75, 3.05) is 24.6 Å². The SMILES string of the molecule is I.NC(=NC1CC(c2ccc(F)c(Br)c2)C1)N1CCSCC1. The van der Waals surface area contributed by atoms with E-state index < -0.39 is 0 Å². The summed E-state index contributed by atoms with van der Waals surface area (Å²) in [4.78, 5) is 6.83. The van der Waals surface area contributed by atoms with Gasteiger partial charge in [0.2, 0.25) is 0 Å². The van der Waals surface area contributed by atoms with Crippen LogP contribution < -0.4 is 5.73 Å². The van der Waals surface area contributed by atoms with E-state index in [1.807, 2.05) is 23.9 Å². The maximum atomic E-state index is 13.2. The second-order valence-corrected chi connectivity index (χ2v) is 7.66. The number of nitrogens with zero attached hydrogens (tertiary/aromatic N) is 2. The Kier molecular flexibility index (Phi) is 6.82. The zero-order valence-electron chi connectivity index (χ0n) is 12.2. The quantitative estimate of drug-likeness (QED) is 0.382. The molecule has 0 unspecified atom stereocenters. The van der Waals surface area contributed by atoms with Gasteiger partial charge in [-0.2, -0.15) is 11.8 Å². The van der Waals surface area contributed by atoms with E-state index in [0.717, 1.165) is 37.4 Å². The standard InChI is InChI=1S/C15H19BrFN3S.HI/c16-13-9-10(1-2-14(13)17)11-7-12(8-11)19-15(18)20-3-5-21-6-4-20;/h1-2,9,11-12H,3-8H2,(H2,18,19);1H. The first-order valence-corrected chi connectivity index (χ1v) is 9.19. The van der Waals surface area contributed by atoms with Gasteiger partial charge in [-0.1, -0.05) is 6.07 Å². The summed E-state index contributed by atoms with van der Waals surface area (Å²) in [5, 5.41) is 0. The molecule has 2 aliphatic rings. The summed E-state index contributed by atoms with van der Waals surface area (Å²) < 4.78 is 13.8. The van der Waals surface area contributed by atoms with Crippen LogP contribution in [0.1, 0.15) is 24.3 Å². The summed E-state index contributed by atoms with van der Waals surface area (Å²) in [7, 11) is 0. The van der Waals surface area contributed by atoms with E-state index in [-0.39, 0.29) is 29.8 Å². The molecule has 7 heteroatoms. The van der Waals surface area contributed by atoms with Gasteiger partial charge in [0.1, 0.15) is 5.82 Å². The van der Waals surface area contributed by atoms with Crippen LogP contribution >= 0.6 is 51.7 Å². The maximum Gasteiger partial charge on any atom is 0.191 e. The highest BCUT2D eigenvalue weighted by atomic mass is 127. The molecule has 122 valence electrons. The summed E-state index contributed by atoms with van der Waals surface area (Å²) >= 11 is 5.21. The predicted molar refractivity (Wildman–Crippen MR) is 106 cm³/mol. The third kappa shape index (κ3) is 4.29. The highest BCUT2D eigenvalue weighted by Gasteiger charge is 2.31. The van der Waals surface area contributed by atoms with Gasteiger partial charge >= 0.3 is 0 Å². The van der Waals surface area contributed by atoms with Gasteiger partial charge in [0.05, 0.1) is 10.5 Å². The van der Waals surface area contributed by atoms with Crippen LogP contribution in [0.3, 0.4) is 0 Å². The molecule has 0 aromatic heterocycles. The molecule has 0 atom stereocenters. The number of benzene rings is 1. The Bertz CT molecular complexity index is 546. The van der Waals surface area contributed by atoms with E-state index in [2.05, 4.69) is 25.8 Å². The minimum Gasteiger partial charge on any atom is -0.370 e. The van der Waals surface area contributed by atoms with Crippen molar-refractivity contribution in [3.8, 4) is 0 Å². The summed E-state index contributed by atoms with van der Waals surface area (Å²) in [6, 6.07) is 5.59. The molecule has 2 fully saturated rings. The van der Waals surface area contributed by atoms with Crippen LogP contribution in [0.2, 0.25) is 0 Å². The summed E-state index contributed by atoms with van der Waals surface area (Å²) in [6.45, 7) is 2.00. The molecule has 1 aromatic carbocycles. The summed E-state index contributed by atoms with van der Waals surface area (Å²) in [5.74, 6) is 3.22. The first kappa shape index (κ1) is 18.3. The number of aliphatic imine (C=N–C) groups is 1. The van der Waals surface area contributed by atoms with E-state index >= 15 is 0 Å². The molecular formula is C15H20BrFIN3S. The fraction of sp³-hybridized carbons (Fsp3) is 0.533. The lowest BCUT2D eigenvalue weighted by Gasteiger charge is -2.35. The van der Waals surface area contributed by atoms with Crippen molar-refractivity contribution in [2.45, 2.75) is 24.8 Å². The Labute approximate surface area is 160 Å². The number of hydrogen-bond acceptors (Lipinski definition) is 2. The van der Waals surface area contributed by atoms with Crippen molar-refractivity contribution in [2.24, 2.45) is 10.7 Å². The van der Waals surface area contributed by atoms with Crippen molar-refractivity contribution in [1.82, 2.24) is 4.90 Å². The van der Waals surface area contributed by atoms with Crippen LogP contribution in [0.25, 0.3) is 0 Å². The predicted octanol–water partition coefficient (Wildman–Crippen LogP) is 3.82. The van der Waals surface area contributed by atoms with Crippen LogP contribution in [-0.2, 0) is 0 Å². The maximum absolute atomic E-state index is 13.2. The van der Waals surface area contributed by atoms with Crippen LogP contribution in [0.5, 0.6) is 0 Å². The highest BCUT2D eigenvalue weighted by Crippen LogP contribution is 2.39. The molecule has 1 heterocycles. The molecule has 2 N–H and O–H groups in total. The van der Waals surface area contributed by atoms with E-state index in [1.54, 1.807) is 0 Å². The number of thioether (sulfide) groups is 1. The zero-order chi connectivity index (χ0) is 14.8. The minimum absolute atomic E-state index is 0. The fourth-order valence-electron chi connectivity index (χ4n) is 2.79. The molecule has 1 aromatic rings. The lowest BCUT2D eigenvalue weighted by atomic mass is 9.76. The smallest absolute Gasteiger partial charge is 0.191 e. The molecular weight excluding hydrogens is 480 g/mol. The van der Waals surface area contributed by atoms with Gasteiger partial charge in [0, 0.05) is 24.6 Å². The Morgan fingerprint density at radius 2 is 2.00 bits per heavy atom. The van der Waals surface area contributed by atoms with Crippen LogP contribution in [-0.4, -0.2) is 41.5 Å². The number of halogens is 3. The average molecular weight is 500 g/mol. The lowest BCUT2D eigenvalue weighted by Crippen LogP contribution is -2.44. The van der Waals surface area contributed by atoms with Crippen molar-refractivity contribution < 1.29 is 4.39 Å². The van der Waals surface area contributed by atoms with Crippen molar-refractivity contribution in [3.05, 3.63) is 34.1 Å². The molecule has 3 nitrogen and oxygen atoms in total. The third-order valence-corrected chi connectivity index (χ3v) is 5.73. The minimum atomic E-state index is -0.208. The lowest BCUT2D eigenvalue weighted by molar-refractivity contribution is 0.345. The first-order chi connectivity index (χ1) is 10.1. The first-order valence-electron chi connectivity index (χ1n) is 7.24. The second-order valence-electron chi connectivity index (χ2n) is 5.58. The van der Waals surface area contributed by atoms with E-state index in [1.165, 1.54) is 11.6 Å². The van der Waals surface area contributed by atoms with Crippen molar-refractivity contribution >= 4 is 57.6 Å². The monoisotopic (exact) mass is 499 g/mol. The normalized spacial score (nSPS) is 25.4. The van der Waals surface area contributed by atoms with Crippen LogP contribution in [0, 0.1) is 5.82 Å². The Morgan fingerprint density at radius 1 is 1.32 bits per heavy atom. The molecule has 0 amide bonds. The average Bonchev–Trinajstić information content (AvgIpc) is 2.46. The summed E-state index contributed by atoms with van der Waals surface area (Å²) in [6.07, 6.45) is 2.00. The molecule has 1 saturated heterocycles. The molecule has 0 radical (unpaired) electrons. The van der Waals surface area contributed by atoms with E-state index in [0.29, 0.717) is 22.4 Å². The van der Waals surface area contributed by atoms with Gasteiger partial charge in [-0.3, -0.25) is 0 Å². The van der Waals surface area contributed by atoms with Gasteiger partial charge in [0.25, 0.3) is 0 Å². The van der Waals surface area contributed by atoms with Gasteiger partial charge in [-0.05, 0) is 52.4 Å². The molecule has 22 heavy (non-hydrogen) atoms. The van der Waals surface area contributed by atoms with Gasteiger partial charge < -0.3 is 10.6 Å². The molecule has 3 rings (SSSR count). The topological polar surface area (TPSA) is 41.6 Å². The molecule has 1 saturated carbocycles. The summed E-state index contributed by atoms with van der Waals surface area (Å²) in [5.41, 5.74) is 7.28. The number of nitrogens with two attached hydrogens (primary N) is 1. The van der Waals surface area contributed by atoms with Crippen LogP contribution in [0.15, 0.2) is 27.7 Å². The molecule has 0 bridgehead atoms. The van der Waals surface area contributed by atoms with E-state index in [4.69, 9.17) is 5.73 Å². The number of hydrogen-bond donors (Lipinski definition) is 1. The van der Waals surface area contributed by atoms with Gasteiger partial charge in [0.15, 0.2) is 5.96 Å². The largest absolute Gasteiger partial charge is 0.370 e. The van der Waals surface area contributed by atoms with E-state index in [9.17, 15) is 4.39 Å². The highest BCUT2D eigenvalue weighted by molar-refractivity contribution is 14.0. The molecule has 1 aliphatic heterocycles. The number of guanidine groups is 1. The zero-order valence-corrected chi connectivity index (χ0v) is 16.9. The Morgan fingerprint density at radius 3 is 2.64 bits per heavy atom. The number of rotatable bonds is 2. The second kappa shape index (κ2) is 8.19. The van der Waals surface area contributed by atoms with Gasteiger partial charge in [-0.25, -0.2) is 9.38 Å². The van der Waals surface area contributed by atoms with Crippen LogP contribution in [0.4, 0.5) is 4.39 Å². The van der Waals surface area contributed by atoms with Crippen molar-refractivity contribution in [3.63, 3.8) is 0 Å². The fourth-order valence-corrected chi connectivity index (χ4v) is 4.09. The third-order valence-electron chi connectivity index (χ3n) is 4.18.